The highest BCUT2D eigenvalue weighted by Crippen LogP contribution is 2.28. The Morgan fingerprint density at radius 3 is 2.70 bits per heavy atom. The van der Waals surface area contributed by atoms with Crippen LogP contribution in [0.1, 0.15) is 34.8 Å². The van der Waals surface area contributed by atoms with E-state index in [9.17, 15) is 9.18 Å². The molecule has 5 heteroatoms. The number of pyridine rings is 1. The molecule has 120 valence electrons. The molecule has 1 fully saturated rings. The second-order valence-electron chi connectivity index (χ2n) is 5.67. The molecule has 0 N–H and O–H groups in total. The summed E-state index contributed by atoms with van der Waals surface area (Å²) in [6, 6.07) is 9.94. The largest absolute Gasteiger partial charge is 0.496 e. The number of hydrogen-bond donors (Lipinski definition) is 0. The van der Waals surface area contributed by atoms with Gasteiger partial charge in [-0.15, -0.1) is 0 Å². The smallest absolute Gasteiger partial charge is 0.257 e. The van der Waals surface area contributed by atoms with E-state index in [2.05, 4.69) is 4.98 Å². The van der Waals surface area contributed by atoms with Crippen molar-refractivity contribution < 1.29 is 13.9 Å². The van der Waals surface area contributed by atoms with Crippen LogP contribution in [-0.2, 0) is 0 Å². The zero-order chi connectivity index (χ0) is 16.2. The first-order chi connectivity index (χ1) is 11.2. The molecule has 23 heavy (non-hydrogen) atoms. The normalized spacial score (nSPS) is 15.5. The fourth-order valence-electron chi connectivity index (χ4n) is 3.01. The number of aromatic nitrogens is 1. The van der Waals surface area contributed by atoms with Crippen molar-refractivity contribution in [3.8, 4) is 5.75 Å². The zero-order valence-electron chi connectivity index (χ0n) is 13.0. The molecule has 2 heterocycles. The van der Waals surface area contributed by atoms with Gasteiger partial charge in [-0.25, -0.2) is 4.39 Å². The summed E-state index contributed by atoms with van der Waals surface area (Å²) >= 11 is 0. The van der Waals surface area contributed by atoms with Gasteiger partial charge >= 0.3 is 0 Å². The molecule has 1 aromatic heterocycles. The van der Waals surface area contributed by atoms with Crippen molar-refractivity contribution in [3.05, 3.63) is 59.7 Å². The fraction of sp³-hybridized carbons (Fsp3) is 0.333. The molecule has 1 aromatic carbocycles. The van der Waals surface area contributed by atoms with Crippen molar-refractivity contribution in [2.75, 3.05) is 20.2 Å². The lowest BCUT2D eigenvalue weighted by Gasteiger charge is -2.32. The molecule has 0 saturated carbocycles. The first-order valence-corrected chi connectivity index (χ1v) is 7.73. The lowest BCUT2D eigenvalue weighted by atomic mass is 9.92. The summed E-state index contributed by atoms with van der Waals surface area (Å²) in [6.45, 7) is 1.28. The molecule has 0 bridgehead atoms. The first-order valence-electron chi connectivity index (χ1n) is 7.73. The summed E-state index contributed by atoms with van der Waals surface area (Å²) in [5.74, 6) is 0.163. The maximum Gasteiger partial charge on any atom is 0.257 e. The van der Waals surface area contributed by atoms with Crippen LogP contribution in [0.5, 0.6) is 5.75 Å². The Balaban J connectivity index is 1.70. The molecule has 1 saturated heterocycles. The third-order valence-electron chi connectivity index (χ3n) is 4.28. The average Bonchev–Trinajstić information content (AvgIpc) is 2.62. The number of amides is 1. The van der Waals surface area contributed by atoms with Gasteiger partial charge in [-0.3, -0.25) is 9.78 Å². The number of halogens is 1. The molecule has 3 rings (SSSR count). The minimum atomic E-state index is -0.433. The van der Waals surface area contributed by atoms with Crippen LogP contribution in [0, 0.1) is 5.82 Å². The van der Waals surface area contributed by atoms with Crippen LogP contribution >= 0.6 is 0 Å². The maximum atomic E-state index is 13.5. The van der Waals surface area contributed by atoms with Gasteiger partial charge in [0.15, 0.2) is 0 Å². The lowest BCUT2D eigenvalue weighted by molar-refractivity contribution is 0.0708. The van der Waals surface area contributed by atoms with Crippen LogP contribution in [0.4, 0.5) is 4.39 Å². The lowest BCUT2D eigenvalue weighted by Crippen LogP contribution is -2.38. The summed E-state index contributed by atoms with van der Waals surface area (Å²) in [5, 5.41) is 0. The highest BCUT2D eigenvalue weighted by molar-refractivity contribution is 5.97. The van der Waals surface area contributed by atoms with E-state index < -0.39 is 5.82 Å². The highest BCUT2D eigenvalue weighted by atomic mass is 19.1. The van der Waals surface area contributed by atoms with Crippen molar-refractivity contribution in [1.82, 2.24) is 9.88 Å². The Kier molecular flexibility index (Phi) is 4.55. The molecule has 1 aliphatic rings. The highest BCUT2D eigenvalue weighted by Gasteiger charge is 2.26. The number of methoxy groups -OCH3 is 1. The Labute approximate surface area is 134 Å². The van der Waals surface area contributed by atoms with E-state index in [4.69, 9.17) is 4.74 Å². The van der Waals surface area contributed by atoms with Gasteiger partial charge in [0.05, 0.1) is 12.7 Å². The van der Waals surface area contributed by atoms with Crippen molar-refractivity contribution in [2.24, 2.45) is 0 Å². The van der Waals surface area contributed by atoms with Crippen molar-refractivity contribution in [1.29, 1.82) is 0 Å². The van der Waals surface area contributed by atoms with Crippen molar-refractivity contribution >= 4 is 5.91 Å². The second kappa shape index (κ2) is 6.77. The average molecular weight is 314 g/mol. The van der Waals surface area contributed by atoms with Gasteiger partial charge in [0.2, 0.25) is 0 Å². The molecule has 0 aliphatic carbocycles. The number of ether oxygens (including phenoxy) is 1. The molecule has 0 spiro atoms. The minimum Gasteiger partial charge on any atom is -0.496 e. The van der Waals surface area contributed by atoms with Gasteiger partial charge in [0.25, 0.3) is 5.91 Å². The quantitative estimate of drug-likeness (QED) is 0.873. The summed E-state index contributed by atoms with van der Waals surface area (Å²) in [5.41, 5.74) is 1.35. The van der Waals surface area contributed by atoms with Gasteiger partial charge in [0, 0.05) is 30.9 Å². The maximum absolute atomic E-state index is 13.5. The number of piperidine rings is 1. The number of carbonyl (C=O) groups is 1. The zero-order valence-corrected chi connectivity index (χ0v) is 13.0. The van der Waals surface area contributed by atoms with Crippen molar-refractivity contribution in [2.45, 2.75) is 18.8 Å². The Bertz CT molecular complexity index is 683. The summed E-state index contributed by atoms with van der Waals surface area (Å²) in [4.78, 5) is 18.8. The van der Waals surface area contributed by atoms with Crippen LogP contribution in [0.3, 0.4) is 0 Å². The molecule has 0 radical (unpaired) electrons. The summed E-state index contributed by atoms with van der Waals surface area (Å²) < 4.78 is 18.6. The molecule has 1 aliphatic heterocycles. The first kappa shape index (κ1) is 15.5. The van der Waals surface area contributed by atoms with E-state index in [1.807, 2.05) is 18.2 Å². The van der Waals surface area contributed by atoms with Gasteiger partial charge in [0.1, 0.15) is 11.6 Å². The molecule has 0 atom stereocenters. The Morgan fingerprint density at radius 1 is 1.26 bits per heavy atom. The van der Waals surface area contributed by atoms with Crippen LogP contribution in [0.2, 0.25) is 0 Å². The summed E-state index contributed by atoms with van der Waals surface area (Å²) in [6.07, 6.45) is 3.52. The number of carbonyl (C=O) groups excluding carboxylic acids is 1. The van der Waals surface area contributed by atoms with E-state index in [1.54, 1.807) is 11.1 Å². The van der Waals surface area contributed by atoms with E-state index in [-0.39, 0.29) is 11.5 Å². The molecular weight excluding hydrogens is 295 g/mol. The number of hydrogen-bond acceptors (Lipinski definition) is 3. The van der Waals surface area contributed by atoms with Crippen molar-refractivity contribution in [3.63, 3.8) is 0 Å². The van der Waals surface area contributed by atoms with Gasteiger partial charge in [-0.1, -0.05) is 6.07 Å². The molecule has 0 unspecified atom stereocenters. The molecule has 4 nitrogen and oxygen atoms in total. The topological polar surface area (TPSA) is 42.4 Å². The van der Waals surface area contributed by atoms with Crippen LogP contribution in [0.15, 0.2) is 42.6 Å². The Morgan fingerprint density at radius 2 is 2.04 bits per heavy atom. The van der Waals surface area contributed by atoms with Crippen LogP contribution in [-0.4, -0.2) is 36.0 Å². The van der Waals surface area contributed by atoms with Crippen LogP contribution < -0.4 is 4.74 Å². The monoisotopic (exact) mass is 314 g/mol. The molecule has 1 amide bonds. The SMILES string of the molecule is COc1ccc(F)cc1C(=O)N1CCC(c2ccccn2)CC1. The third kappa shape index (κ3) is 3.33. The standard InChI is InChI=1S/C18H19FN2O2/c1-23-17-6-5-14(19)12-15(17)18(22)21-10-7-13(8-11-21)16-4-2-3-9-20-16/h2-6,9,12-13H,7-8,10-11H2,1H3. The number of likely N-dealkylation sites (tertiary alicyclic amines) is 1. The number of nitrogens with zero attached hydrogens (tertiary/aromatic N) is 2. The van der Waals surface area contributed by atoms with Gasteiger partial charge in [-0.05, 0) is 43.2 Å². The van der Waals surface area contributed by atoms with Crippen LogP contribution in [0.25, 0.3) is 0 Å². The number of benzene rings is 1. The minimum absolute atomic E-state index is 0.180. The van der Waals surface area contributed by atoms with Gasteiger partial charge in [-0.2, -0.15) is 0 Å². The summed E-state index contributed by atoms with van der Waals surface area (Å²) in [7, 11) is 1.48. The molecular formula is C18H19FN2O2. The fourth-order valence-corrected chi connectivity index (χ4v) is 3.01. The Hall–Kier alpha value is -2.43. The van der Waals surface area contributed by atoms with E-state index >= 15 is 0 Å². The second-order valence-corrected chi connectivity index (χ2v) is 5.67. The van der Waals surface area contributed by atoms with Gasteiger partial charge < -0.3 is 9.64 Å². The van der Waals surface area contributed by atoms with E-state index in [1.165, 1.54) is 25.3 Å². The predicted molar refractivity (Wildman–Crippen MR) is 85.1 cm³/mol. The number of rotatable bonds is 3. The van der Waals surface area contributed by atoms with E-state index in [0.29, 0.717) is 24.8 Å². The predicted octanol–water partition coefficient (Wildman–Crippen LogP) is 3.25. The third-order valence-corrected chi connectivity index (χ3v) is 4.28. The van der Waals surface area contributed by atoms with E-state index in [0.717, 1.165) is 18.5 Å². The molecule has 2 aromatic rings.